The summed E-state index contributed by atoms with van der Waals surface area (Å²) in [6, 6.07) is 11.9. The lowest BCUT2D eigenvalue weighted by atomic mass is 10.2. The lowest BCUT2D eigenvalue weighted by Crippen LogP contribution is -2.09. The van der Waals surface area contributed by atoms with Crippen molar-refractivity contribution in [2.24, 2.45) is 0 Å². The van der Waals surface area contributed by atoms with Gasteiger partial charge >= 0.3 is 0 Å². The van der Waals surface area contributed by atoms with Crippen molar-refractivity contribution in [2.45, 2.75) is 38.9 Å². The second-order valence-corrected chi connectivity index (χ2v) is 9.00. The number of thioether (sulfide) groups is 1. The van der Waals surface area contributed by atoms with E-state index in [1.54, 1.807) is 24.5 Å². The highest BCUT2D eigenvalue weighted by atomic mass is 32.2. The molecule has 0 saturated heterocycles. The minimum atomic E-state index is -0.291. The number of hydrogen-bond donors (Lipinski definition) is 0. The van der Waals surface area contributed by atoms with Gasteiger partial charge in [-0.2, -0.15) is 0 Å². The molecule has 0 spiro atoms. The fourth-order valence-corrected chi connectivity index (χ4v) is 4.87. The molecule has 35 heavy (non-hydrogen) atoms. The number of pyridine rings is 1. The first-order valence-electron chi connectivity index (χ1n) is 11.5. The summed E-state index contributed by atoms with van der Waals surface area (Å²) in [5.41, 5.74) is 4.14. The number of carbonyl (C=O) groups excluding carboxylic acids is 1. The van der Waals surface area contributed by atoms with Gasteiger partial charge in [0.25, 0.3) is 0 Å². The molecular weight excluding hydrogens is 465 g/mol. The summed E-state index contributed by atoms with van der Waals surface area (Å²) in [6.45, 7) is 7.82. The van der Waals surface area contributed by atoms with Crippen LogP contribution >= 0.6 is 11.8 Å². The molecule has 182 valence electrons. The minimum absolute atomic E-state index is 0.00536. The number of carbonyl (C=O) groups is 1. The minimum Gasteiger partial charge on any atom is -0.382 e. The number of rotatable bonds is 11. The van der Waals surface area contributed by atoms with Crippen molar-refractivity contribution >= 4 is 17.5 Å². The molecule has 0 aliphatic rings. The molecule has 0 aliphatic heterocycles. The molecule has 0 atom stereocenters. The van der Waals surface area contributed by atoms with Gasteiger partial charge in [0.15, 0.2) is 16.8 Å². The maximum absolute atomic E-state index is 13.4. The van der Waals surface area contributed by atoms with Crippen molar-refractivity contribution in [3.05, 3.63) is 77.6 Å². The lowest BCUT2D eigenvalue weighted by Gasteiger charge is -2.11. The number of nitrogens with zero attached hydrogens (tertiary/aromatic N) is 5. The maximum atomic E-state index is 13.4. The van der Waals surface area contributed by atoms with Crippen LogP contribution < -0.4 is 0 Å². The van der Waals surface area contributed by atoms with Crippen LogP contribution in [0.5, 0.6) is 0 Å². The second-order valence-electron chi connectivity index (χ2n) is 8.05. The third kappa shape index (κ3) is 5.68. The molecule has 0 bridgehead atoms. The van der Waals surface area contributed by atoms with Crippen molar-refractivity contribution in [1.82, 2.24) is 24.3 Å². The predicted molar refractivity (Wildman–Crippen MR) is 135 cm³/mol. The third-order valence-corrected chi connectivity index (χ3v) is 6.65. The lowest BCUT2D eigenvalue weighted by molar-refractivity contribution is 0.102. The van der Waals surface area contributed by atoms with Gasteiger partial charge in [-0.1, -0.05) is 11.8 Å². The Morgan fingerprint density at radius 1 is 1.09 bits per heavy atom. The Morgan fingerprint density at radius 2 is 1.83 bits per heavy atom. The molecule has 4 rings (SSSR count). The van der Waals surface area contributed by atoms with E-state index in [1.165, 1.54) is 23.9 Å². The molecule has 0 N–H and O–H groups in total. The summed E-state index contributed by atoms with van der Waals surface area (Å²) in [7, 11) is 0. The molecule has 0 saturated carbocycles. The van der Waals surface area contributed by atoms with E-state index in [4.69, 9.17) is 4.74 Å². The molecule has 3 heterocycles. The Morgan fingerprint density at radius 3 is 2.54 bits per heavy atom. The van der Waals surface area contributed by atoms with E-state index in [0.29, 0.717) is 30.5 Å². The van der Waals surface area contributed by atoms with E-state index < -0.39 is 0 Å². The van der Waals surface area contributed by atoms with E-state index >= 15 is 0 Å². The first-order valence-corrected chi connectivity index (χ1v) is 12.5. The van der Waals surface area contributed by atoms with Gasteiger partial charge in [0, 0.05) is 60.4 Å². The zero-order chi connectivity index (χ0) is 24.8. The Hall–Kier alpha value is -3.30. The number of Topliss-reactive ketones (excluding diaryl/α,β-unsaturated/α-hetero) is 1. The van der Waals surface area contributed by atoms with Crippen molar-refractivity contribution in [3.8, 4) is 17.1 Å². The van der Waals surface area contributed by atoms with Gasteiger partial charge in [0.2, 0.25) is 0 Å². The molecule has 9 heteroatoms. The highest BCUT2D eigenvalue weighted by molar-refractivity contribution is 7.99. The molecule has 1 aromatic carbocycles. The first kappa shape index (κ1) is 24.8. The largest absolute Gasteiger partial charge is 0.382 e. The van der Waals surface area contributed by atoms with E-state index in [0.717, 1.165) is 34.9 Å². The Bertz CT molecular complexity index is 1290. The van der Waals surface area contributed by atoms with Gasteiger partial charge in [-0.3, -0.25) is 9.78 Å². The SMILES string of the molecule is CCOCCCn1c(SCC(=O)c2cc(C)n(-c3ccc(F)cc3)c2C)nnc1-c1ccncc1. The van der Waals surface area contributed by atoms with Gasteiger partial charge in [-0.15, -0.1) is 10.2 Å². The van der Waals surface area contributed by atoms with Crippen molar-refractivity contribution < 1.29 is 13.9 Å². The summed E-state index contributed by atoms with van der Waals surface area (Å²) >= 11 is 1.38. The molecule has 0 aliphatic carbocycles. The fourth-order valence-electron chi connectivity index (χ4n) is 4.02. The topological polar surface area (TPSA) is 74.8 Å². The Balaban J connectivity index is 1.53. The van der Waals surface area contributed by atoms with Crippen LogP contribution in [0.25, 0.3) is 17.1 Å². The molecule has 3 aromatic heterocycles. The number of benzene rings is 1. The summed E-state index contributed by atoms with van der Waals surface area (Å²) in [5.74, 6) is 0.688. The van der Waals surface area contributed by atoms with Crippen LogP contribution in [-0.2, 0) is 11.3 Å². The van der Waals surface area contributed by atoms with Crippen LogP contribution in [0, 0.1) is 19.7 Å². The summed E-state index contributed by atoms with van der Waals surface area (Å²) in [5, 5.41) is 9.46. The smallest absolute Gasteiger partial charge is 0.191 e. The normalized spacial score (nSPS) is 11.2. The second kappa shape index (κ2) is 11.4. The maximum Gasteiger partial charge on any atom is 0.191 e. The number of aryl methyl sites for hydroxylation is 1. The van der Waals surface area contributed by atoms with Crippen LogP contribution in [0.2, 0.25) is 0 Å². The number of hydrogen-bond acceptors (Lipinski definition) is 6. The van der Waals surface area contributed by atoms with Crippen LogP contribution in [0.1, 0.15) is 35.1 Å². The summed E-state index contributed by atoms with van der Waals surface area (Å²) in [6.07, 6.45) is 4.26. The van der Waals surface area contributed by atoms with E-state index in [1.807, 2.05) is 48.1 Å². The molecular formula is C26H28FN5O2S. The van der Waals surface area contributed by atoms with Crippen molar-refractivity contribution in [3.63, 3.8) is 0 Å². The van der Waals surface area contributed by atoms with Crippen molar-refractivity contribution in [1.29, 1.82) is 0 Å². The number of halogens is 1. The van der Waals surface area contributed by atoms with Crippen LogP contribution in [0.3, 0.4) is 0 Å². The van der Waals surface area contributed by atoms with Gasteiger partial charge < -0.3 is 13.9 Å². The highest BCUT2D eigenvalue weighted by Gasteiger charge is 2.20. The third-order valence-electron chi connectivity index (χ3n) is 5.68. The zero-order valence-corrected chi connectivity index (χ0v) is 20.9. The molecule has 0 fully saturated rings. The Kier molecular flexibility index (Phi) is 8.09. The summed E-state index contributed by atoms with van der Waals surface area (Å²) in [4.78, 5) is 17.3. The monoisotopic (exact) mass is 493 g/mol. The number of ether oxygens (including phenoxy) is 1. The van der Waals surface area contributed by atoms with Crippen LogP contribution in [-0.4, -0.2) is 49.1 Å². The van der Waals surface area contributed by atoms with E-state index in [-0.39, 0.29) is 17.4 Å². The standard InChI is InChI=1S/C26H28FN5O2S/c1-4-34-15-5-14-31-25(20-10-12-28-13-11-20)29-30-26(31)35-17-24(33)23-16-18(2)32(19(23)3)22-8-6-21(27)7-9-22/h6-13,16H,4-5,14-15,17H2,1-3H3. The first-order chi connectivity index (χ1) is 17.0. The van der Waals surface area contributed by atoms with E-state index in [2.05, 4.69) is 15.2 Å². The molecule has 0 unspecified atom stereocenters. The van der Waals surface area contributed by atoms with Gasteiger partial charge in [-0.05, 0) is 69.7 Å². The van der Waals surface area contributed by atoms with Gasteiger partial charge in [0.1, 0.15) is 5.82 Å². The zero-order valence-electron chi connectivity index (χ0n) is 20.1. The van der Waals surface area contributed by atoms with Crippen LogP contribution in [0.15, 0.2) is 60.0 Å². The molecule has 0 amide bonds. The highest BCUT2D eigenvalue weighted by Crippen LogP contribution is 2.27. The molecule has 7 nitrogen and oxygen atoms in total. The van der Waals surface area contributed by atoms with Gasteiger partial charge in [0.05, 0.1) is 5.75 Å². The summed E-state index contributed by atoms with van der Waals surface area (Å²) < 4.78 is 22.9. The van der Waals surface area contributed by atoms with Crippen LogP contribution in [0.4, 0.5) is 4.39 Å². The Labute approximate surface area is 208 Å². The average molecular weight is 494 g/mol. The molecule has 4 aromatic rings. The van der Waals surface area contributed by atoms with Crippen molar-refractivity contribution in [2.75, 3.05) is 19.0 Å². The average Bonchev–Trinajstić information content (AvgIpc) is 3.41. The molecule has 0 radical (unpaired) electrons. The quantitative estimate of drug-likeness (QED) is 0.161. The number of aromatic nitrogens is 5. The number of ketones is 1. The van der Waals surface area contributed by atoms with Gasteiger partial charge in [-0.25, -0.2) is 4.39 Å². The fraction of sp³-hybridized carbons (Fsp3) is 0.308. The predicted octanol–water partition coefficient (Wildman–Crippen LogP) is 5.29. The van der Waals surface area contributed by atoms with E-state index in [9.17, 15) is 9.18 Å².